The van der Waals surface area contributed by atoms with E-state index in [1.165, 1.54) is 5.56 Å². The second-order valence-electron chi connectivity index (χ2n) is 5.60. The van der Waals surface area contributed by atoms with Crippen molar-refractivity contribution in [2.75, 3.05) is 6.54 Å². The van der Waals surface area contributed by atoms with Crippen LogP contribution in [0.4, 0.5) is 0 Å². The molecule has 0 aliphatic carbocycles. The Balaban J connectivity index is 2.15. The number of carbonyl (C=O) groups is 1. The monoisotopic (exact) mass is 262 g/mol. The van der Waals surface area contributed by atoms with Gasteiger partial charge in [0.05, 0.1) is 5.54 Å². The molecule has 1 atom stereocenters. The smallest absolute Gasteiger partial charge is 0.242 e. The Bertz CT molecular complexity index is 483. The summed E-state index contributed by atoms with van der Waals surface area (Å²) in [5.74, 6) is 0.250. The summed E-state index contributed by atoms with van der Waals surface area (Å²) in [6.45, 7) is 5.07. The summed E-state index contributed by atoms with van der Waals surface area (Å²) in [6.07, 6.45) is 2.41. The van der Waals surface area contributed by atoms with E-state index in [0.717, 1.165) is 18.4 Å². The minimum absolute atomic E-state index is 0.00310. The highest BCUT2D eigenvalue weighted by Crippen LogP contribution is 2.25. The Morgan fingerprint density at radius 2 is 2.21 bits per heavy atom. The van der Waals surface area contributed by atoms with Crippen molar-refractivity contribution in [1.82, 2.24) is 4.90 Å². The van der Waals surface area contributed by atoms with Gasteiger partial charge >= 0.3 is 0 Å². The predicted octanol–water partition coefficient (Wildman–Crippen LogP) is 1.79. The van der Waals surface area contributed by atoms with E-state index >= 15 is 0 Å². The number of amides is 1. The fraction of sp³-hybridized carbons (Fsp3) is 0.533. The number of benzene rings is 1. The van der Waals surface area contributed by atoms with E-state index in [1.807, 2.05) is 13.0 Å². The summed E-state index contributed by atoms with van der Waals surface area (Å²) >= 11 is 0. The molecule has 0 radical (unpaired) electrons. The van der Waals surface area contributed by atoms with Crippen LogP contribution in [0, 0.1) is 0 Å². The summed E-state index contributed by atoms with van der Waals surface area (Å²) < 4.78 is 0. The summed E-state index contributed by atoms with van der Waals surface area (Å²) in [6, 6.07) is 5.36. The lowest BCUT2D eigenvalue weighted by atomic mass is 9.93. The Morgan fingerprint density at radius 1 is 1.47 bits per heavy atom. The average Bonchev–Trinajstić information content (AvgIpc) is 2.36. The molecule has 0 saturated carbocycles. The Morgan fingerprint density at radius 3 is 2.89 bits per heavy atom. The molecule has 19 heavy (non-hydrogen) atoms. The number of hydrogen-bond acceptors (Lipinski definition) is 3. The van der Waals surface area contributed by atoms with Crippen LogP contribution in [0.3, 0.4) is 0 Å². The summed E-state index contributed by atoms with van der Waals surface area (Å²) in [7, 11) is 0. The zero-order valence-electron chi connectivity index (χ0n) is 11.6. The molecule has 3 N–H and O–H groups in total. The molecule has 1 aromatic rings. The quantitative estimate of drug-likeness (QED) is 0.872. The van der Waals surface area contributed by atoms with Crippen LogP contribution in [0.1, 0.15) is 37.8 Å². The molecule has 0 saturated heterocycles. The van der Waals surface area contributed by atoms with Crippen molar-refractivity contribution >= 4 is 5.91 Å². The van der Waals surface area contributed by atoms with Crippen molar-refractivity contribution in [3.8, 4) is 5.75 Å². The number of nitrogens with zero attached hydrogens (tertiary/aromatic N) is 1. The van der Waals surface area contributed by atoms with Crippen LogP contribution < -0.4 is 5.73 Å². The van der Waals surface area contributed by atoms with Gasteiger partial charge in [-0.1, -0.05) is 19.4 Å². The molecule has 104 valence electrons. The second kappa shape index (κ2) is 5.21. The van der Waals surface area contributed by atoms with E-state index in [4.69, 9.17) is 5.73 Å². The molecule has 0 aromatic heterocycles. The van der Waals surface area contributed by atoms with E-state index < -0.39 is 5.54 Å². The van der Waals surface area contributed by atoms with E-state index in [1.54, 1.807) is 24.0 Å². The maximum atomic E-state index is 12.4. The third-order valence-electron chi connectivity index (χ3n) is 3.75. The molecule has 1 aromatic carbocycles. The highest BCUT2D eigenvalue weighted by atomic mass is 16.3. The number of rotatable bonds is 3. The van der Waals surface area contributed by atoms with E-state index in [-0.39, 0.29) is 11.7 Å². The molecule has 4 heteroatoms. The maximum Gasteiger partial charge on any atom is 0.242 e. The maximum absolute atomic E-state index is 12.4. The van der Waals surface area contributed by atoms with E-state index in [0.29, 0.717) is 19.5 Å². The zero-order chi connectivity index (χ0) is 14.0. The molecule has 1 aliphatic heterocycles. The average molecular weight is 262 g/mol. The number of phenolic OH excluding ortho intramolecular Hbond substituents is 1. The molecule has 2 rings (SSSR count). The molecular weight excluding hydrogens is 240 g/mol. The Labute approximate surface area is 114 Å². The molecule has 0 fully saturated rings. The molecule has 1 aliphatic rings. The van der Waals surface area contributed by atoms with Gasteiger partial charge in [-0.2, -0.15) is 0 Å². The van der Waals surface area contributed by atoms with Crippen LogP contribution in [0.2, 0.25) is 0 Å². The fourth-order valence-electron chi connectivity index (χ4n) is 2.70. The van der Waals surface area contributed by atoms with Crippen molar-refractivity contribution < 1.29 is 9.90 Å². The lowest BCUT2D eigenvalue weighted by Gasteiger charge is -2.35. The van der Waals surface area contributed by atoms with Gasteiger partial charge in [-0.05, 0) is 43.0 Å². The summed E-state index contributed by atoms with van der Waals surface area (Å²) in [5.41, 5.74) is 7.55. The van der Waals surface area contributed by atoms with Crippen LogP contribution in [0.25, 0.3) is 0 Å². The minimum atomic E-state index is -0.789. The van der Waals surface area contributed by atoms with Gasteiger partial charge in [-0.25, -0.2) is 0 Å². The van der Waals surface area contributed by atoms with Gasteiger partial charge in [0.1, 0.15) is 5.75 Å². The van der Waals surface area contributed by atoms with Gasteiger partial charge in [0.2, 0.25) is 5.91 Å². The van der Waals surface area contributed by atoms with Crippen LogP contribution in [-0.4, -0.2) is 28.0 Å². The van der Waals surface area contributed by atoms with Gasteiger partial charge in [-0.3, -0.25) is 4.79 Å². The molecular formula is C15H22N2O2. The van der Waals surface area contributed by atoms with Crippen molar-refractivity contribution in [2.45, 2.75) is 45.2 Å². The highest BCUT2D eigenvalue weighted by molar-refractivity contribution is 5.85. The number of aromatic hydroxyl groups is 1. The first-order valence-corrected chi connectivity index (χ1v) is 6.83. The molecule has 0 bridgehead atoms. The number of fused-ring (bicyclic) bond motifs is 1. The molecule has 1 amide bonds. The standard InChI is InChI=1S/C15H22N2O2/c1-3-7-15(2,16)14(19)17-8-6-11-4-5-13(18)9-12(11)10-17/h4-5,9,18H,3,6-8,10,16H2,1-2H3. The lowest BCUT2D eigenvalue weighted by Crippen LogP contribution is -2.54. The van der Waals surface area contributed by atoms with Gasteiger partial charge in [0.15, 0.2) is 0 Å². The lowest BCUT2D eigenvalue weighted by molar-refractivity contribution is -0.137. The first-order valence-electron chi connectivity index (χ1n) is 6.83. The minimum Gasteiger partial charge on any atom is -0.508 e. The Hall–Kier alpha value is -1.55. The van der Waals surface area contributed by atoms with Gasteiger partial charge in [0.25, 0.3) is 0 Å². The van der Waals surface area contributed by atoms with Crippen molar-refractivity contribution in [1.29, 1.82) is 0 Å². The van der Waals surface area contributed by atoms with Crippen LogP contribution in [-0.2, 0) is 17.8 Å². The highest BCUT2D eigenvalue weighted by Gasteiger charge is 2.33. The van der Waals surface area contributed by atoms with E-state index in [9.17, 15) is 9.90 Å². The predicted molar refractivity (Wildman–Crippen MR) is 74.7 cm³/mol. The molecule has 0 spiro atoms. The van der Waals surface area contributed by atoms with Crippen LogP contribution in [0.5, 0.6) is 5.75 Å². The zero-order valence-corrected chi connectivity index (χ0v) is 11.6. The van der Waals surface area contributed by atoms with Crippen molar-refractivity contribution in [3.05, 3.63) is 29.3 Å². The first kappa shape index (κ1) is 13.9. The molecule has 1 heterocycles. The molecule has 1 unspecified atom stereocenters. The van der Waals surface area contributed by atoms with Crippen LogP contribution >= 0.6 is 0 Å². The SMILES string of the molecule is CCCC(C)(N)C(=O)N1CCc2ccc(O)cc2C1. The number of carbonyl (C=O) groups excluding carboxylic acids is 1. The summed E-state index contributed by atoms with van der Waals surface area (Å²) in [5, 5.41) is 9.53. The van der Waals surface area contributed by atoms with Gasteiger partial charge in [-0.15, -0.1) is 0 Å². The first-order chi connectivity index (χ1) is 8.94. The number of nitrogens with two attached hydrogens (primary N) is 1. The van der Waals surface area contributed by atoms with Gasteiger partial charge < -0.3 is 15.7 Å². The second-order valence-corrected chi connectivity index (χ2v) is 5.60. The van der Waals surface area contributed by atoms with Crippen molar-refractivity contribution in [3.63, 3.8) is 0 Å². The topological polar surface area (TPSA) is 66.6 Å². The van der Waals surface area contributed by atoms with E-state index in [2.05, 4.69) is 0 Å². The normalized spacial score (nSPS) is 17.7. The summed E-state index contributed by atoms with van der Waals surface area (Å²) in [4.78, 5) is 14.2. The largest absolute Gasteiger partial charge is 0.508 e. The Kier molecular flexibility index (Phi) is 3.80. The molecule has 4 nitrogen and oxygen atoms in total. The fourth-order valence-corrected chi connectivity index (χ4v) is 2.70. The number of hydrogen-bond donors (Lipinski definition) is 2. The van der Waals surface area contributed by atoms with Crippen molar-refractivity contribution in [2.24, 2.45) is 5.73 Å². The third-order valence-corrected chi connectivity index (χ3v) is 3.75. The number of phenols is 1. The van der Waals surface area contributed by atoms with Crippen LogP contribution in [0.15, 0.2) is 18.2 Å². The van der Waals surface area contributed by atoms with Gasteiger partial charge in [0, 0.05) is 13.1 Å². The third kappa shape index (κ3) is 2.89.